The zero-order valence-corrected chi connectivity index (χ0v) is 16.3. The number of ether oxygens (including phenoxy) is 2. The number of rotatable bonds is 7. The molecule has 144 valence electrons. The summed E-state index contributed by atoms with van der Waals surface area (Å²) in [5.41, 5.74) is 5.73. The first-order valence-corrected chi connectivity index (χ1v) is 9.39. The molecule has 1 aromatic heterocycles. The van der Waals surface area contributed by atoms with Crippen molar-refractivity contribution in [2.75, 3.05) is 13.2 Å². The zero-order chi connectivity index (χ0) is 19.2. The van der Waals surface area contributed by atoms with Crippen molar-refractivity contribution in [1.29, 1.82) is 0 Å². The van der Waals surface area contributed by atoms with Crippen LogP contribution in [0.25, 0.3) is 0 Å². The minimum atomic E-state index is -0.325. The van der Waals surface area contributed by atoms with Gasteiger partial charge in [-0.15, -0.1) is 0 Å². The average molecular weight is 390 g/mol. The lowest BCUT2D eigenvalue weighted by Gasteiger charge is -2.14. The summed E-state index contributed by atoms with van der Waals surface area (Å²) in [6.07, 6.45) is 4.17. The van der Waals surface area contributed by atoms with Crippen molar-refractivity contribution in [3.8, 4) is 5.75 Å². The lowest BCUT2D eigenvalue weighted by Crippen LogP contribution is -2.24. The number of aryl methyl sites for hydroxylation is 1. The van der Waals surface area contributed by atoms with Gasteiger partial charge in [0.2, 0.25) is 0 Å². The summed E-state index contributed by atoms with van der Waals surface area (Å²) in [4.78, 5) is 11.9. The monoisotopic (exact) mass is 389 g/mol. The maximum atomic E-state index is 11.9. The van der Waals surface area contributed by atoms with Gasteiger partial charge in [0.05, 0.1) is 12.3 Å². The number of hydrazone groups is 1. The summed E-state index contributed by atoms with van der Waals surface area (Å²) in [6.45, 7) is 5.71. The van der Waals surface area contributed by atoms with E-state index in [1.807, 2.05) is 0 Å². The van der Waals surface area contributed by atoms with Crippen LogP contribution in [0.1, 0.15) is 29.8 Å². The van der Waals surface area contributed by atoms with Crippen molar-refractivity contribution in [3.63, 3.8) is 0 Å². The Bertz CT molecular complexity index is 809. The molecule has 1 amide bonds. The van der Waals surface area contributed by atoms with Crippen LogP contribution in [-0.2, 0) is 16.1 Å². The molecule has 0 bridgehead atoms. The topological polar surface area (TPSA) is 64.8 Å². The molecule has 6 nitrogen and oxygen atoms in total. The van der Waals surface area contributed by atoms with Crippen LogP contribution >= 0.6 is 11.6 Å². The summed E-state index contributed by atoms with van der Waals surface area (Å²) in [5, 5.41) is 4.66. The van der Waals surface area contributed by atoms with Gasteiger partial charge in [-0.25, -0.2) is 5.43 Å². The molecule has 1 aromatic carbocycles. The maximum Gasteiger partial charge on any atom is 0.277 e. The fourth-order valence-corrected chi connectivity index (χ4v) is 3.24. The normalized spacial score (nSPS) is 16.8. The SMILES string of the molecule is Cc1cc(/C=N\NC(=O)COc2ccc(Cl)cc2)c(C)n1C[C@H]1CCCO1. The molecule has 0 spiro atoms. The number of benzene rings is 1. The number of nitrogens with one attached hydrogen (secondary N) is 1. The number of aromatic nitrogens is 1. The molecular formula is C20H24ClN3O3. The quantitative estimate of drug-likeness (QED) is 0.582. The van der Waals surface area contributed by atoms with Gasteiger partial charge in [0.1, 0.15) is 5.75 Å². The number of carbonyl (C=O) groups is 1. The number of hydrogen-bond acceptors (Lipinski definition) is 4. The number of nitrogens with zero attached hydrogens (tertiary/aromatic N) is 2. The van der Waals surface area contributed by atoms with E-state index in [0.717, 1.165) is 42.9 Å². The first-order chi connectivity index (χ1) is 13.0. The minimum absolute atomic E-state index is 0.114. The van der Waals surface area contributed by atoms with Crippen molar-refractivity contribution in [2.24, 2.45) is 5.10 Å². The van der Waals surface area contributed by atoms with Crippen molar-refractivity contribution in [1.82, 2.24) is 9.99 Å². The summed E-state index contributed by atoms with van der Waals surface area (Å²) < 4.78 is 13.3. The molecule has 3 rings (SSSR count). The van der Waals surface area contributed by atoms with Gasteiger partial charge in [0.25, 0.3) is 5.91 Å². The van der Waals surface area contributed by atoms with Crippen molar-refractivity contribution in [3.05, 3.63) is 52.3 Å². The Morgan fingerprint density at radius 2 is 2.19 bits per heavy atom. The molecule has 27 heavy (non-hydrogen) atoms. The summed E-state index contributed by atoms with van der Waals surface area (Å²) in [5.74, 6) is 0.255. The molecule has 0 unspecified atom stereocenters. The fraction of sp³-hybridized carbons (Fsp3) is 0.400. The van der Waals surface area contributed by atoms with E-state index in [-0.39, 0.29) is 18.6 Å². The Morgan fingerprint density at radius 1 is 1.41 bits per heavy atom. The van der Waals surface area contributed by atoms with Gasteiger partial charge >= 0.3 is 0 Å². The largest absolute Gasteiger partial charge is 0.484 e. The molecule has 1 aliphatic rings. The van der Waals surface area contributed by atoms with Gasteiger partial charge in [0.15, 0.2) is 6.61 Å². The number of carbonyl (C=O) groups excluding carboxylic acids is 1. The average Bonchev–Trinajstić information content (AvgIpc) is 3.25. The fourth-order valence-electron chi connectivity index (χ4n) is 3.12. The molecule has 0 radical (unpaired) electrons. The molecule has 0 aliphatic carbocycles. The Labute approximate surface area is 164 Å². The molecule has 1 aliphatic heterocycles. The molecule has 0 saturated carbocycles. The number of halogens is 1. The summed E-state index contributed by atoms with van der Waals surface area (Å²) in [6, 6.07) is 8.90. The van der Waals surface area contributed by atoms with Crippen molar-refractivity contribution >= 4 is 23.7 Å². The van der Waals surface area contributed by atoms with E-state index in [1.165, 1.54) is 0 Å². The Hall–Kier alpha value is -2.31. The second kappa shape index (κ2) is 9.06. The van der Waals surface area contributed by atoms with Crippen LogP contribution in [0.4, 0.5) is 0 Å². The van der Waals surface area contributed by atoms with Crippen LogP contribution in [0.15, 0.2) is 35.4 Å². The van der Waals surface area contributed by atoms with E-state index in [4.69, 9.17) is 21.1 Å². The first kappa shape index (κ1) is 19.5. The molecule has 1 N–H and O–H groups in total. The predicted octanol–water partition coefficient (Wildman–Crippen LogP) is 3.47. The van der Waals surface area contributed by atoms with Gasteiger partial charge in [-0.1, -0.05) is 11.6 Å². The highest BCUT2D eigenvalue weighted by Gasteiger charge is 2.18. The number of amides is 1. The molecular weight excluding hydrogens is 366 g/mol. The third kappa shape index (κ3) is 5.34. The van der Waals surface area contributed by atoms with Gasteiger partial charge in [-0.05, 0) is 57.0 Å². The first-order valence-electron chi connectivity index (χ1n) is 9.01. The Morgan fingerprint density at radius 3 is 2.89 bits per heavy atom. The molecule has 1 atom stereocenters. The van der Waals surface area contributed by atoms with E-state index >= 15 is 0 Å². The minimum Gasteiger partial charge on any atom is -0.484 e. The maximum absolute atomic E-state index is 11.9. The van der Waals surface area contributed by atoms with Gasteiger partial charge in [-0.2, -0.15) is 5.10 Å². The highest BCUT2D eigenvalue weighted by atomic mass is 35.5. The van der Waals surface area contributed by atoms with E-state index in [0.29, 0.717) is 10.8 Å². The summed E-state index contributed by atoms with van der Waals surface area (Å²) in [7, 11) is 0. The summed E-state index contributed by atoms with van der Waals surface area (Å²) >= 11 is 5.81. The smallest absolute Gasteiger partial charge is 0.277 e. The lowest BCUT2D eigenvalue weighted by molar-refractivity contribution is -0.123. The molecule has 2 aromatic rings. The van der Waals surface area contributed by atoms with Crippen LogP contribution in [0, 0.1) is 13.8 Å². The highest BCUT2D eigenvalue weighted by Crippen LogP contribution is 2.19. The van der Waals surface area contributed by atoms with Crippen LogP contribution in [0.5, 0.6) is 5.75 Å². The van der Waals surface area contributed by atoms with Gasteiger partial charge < -0.3 is 14.0 Å². The Kier molecular flexibility index (Phi) is 6.53. The van der Waals surface area contributed by atoms with E-state index < -0.39 is 0 Å². The van der Waals surface area contributed by atoms with Gasteiger partial charge in [-0.3, -0.25) is 4.79 Å². The van der Waals surface area contributed by atoms with E-state index in [2.05, 4.69) is 35.0 Å². The van der Waals surface area contributed by atoms with Crippen molar-refractivity contribution in [2.45, 2.75) is 39.3 Å². The molecule has 7 heteroatoms. The molecule has 1 saturated heterocycles. The van der Waals surface area contributed by atoms with Gasteiger partial charge in [0, 0.05) is 35.1 Å². The standard InChI is InChI=1S/C20H24ClN3O3/c1-14-10-16(15(2)24(14)12-19-4-3-9-26-19)11-22-23-20(25)13-27-18-7-5-17(21)6-8-18/h5-8,10-11,19H,3-4,9,12-13H2,1-2H3,(H,23,25)/b22-11-/t19-/m1/s1. The van der Waals surface area contributed by atoms with Crippen LogP contribution < -0.4 is 10.2 Å². The third-order valence-electron chi connectivity index (χ3n) is 4.60. The number of hydrogen-bond donors (Lipinski definition) is 1. The van der Waals surface area contributed by atoms with Crippen LogP contribution in [0.3, 0.4) is 0 Å². The second-order valence-electron chi connectivity index (χ2n) is 6.61. The van der Waals surface area contributed by atoms with Crippen LogP contribution in [0.2, 0.25) is 5.02 Å². The predicted molar refractivity (Wildman–Crippen MR) is 106 cm³/mol. The lowest BCUT2D eigenvalue weighted by atomic mass is 10.2. The molecule has 1 fully saturated rings. The zero-order valence-electron chi connectivity index (χ0n) is 15.6. The second-order valence-corrected chi connectivity index (χ2v) is 7.04. The highest BCUT2D eigenvalue weighted by molar-refractivity contribution is 6.30. The molecule has 2 heterocycles. The third-order valence-corrected chi connectivity index (χ3v) is 4.85. The Balaban J connectivity index is 1.51. The van der Waals surface area contributed by atoms with Crippen molar-refractivity contribution < 1.29 is 14.3 Å². The van der Waals surface area contributed by atoms with E-state index in [9.17, 15) is 4.79 Å². The van der Waals surface area contributed by atoms with Crippen LogP contribution in [-0.4, -0.2) is 36.0 Å². The van der Waals surface area contributed by atoms with E-state index in [1.54, 1.807) is 30.5 Å².